The number of nitrogens with one attached hydrogen (secondary N) is 1. The molecule has 0 amide bonds. The van der Waals surface area contributed by atoms with Crippen LogP contribution in [-0.2, 0) is 16.4 Å². The summed E-state index contributed by atoms with van der Waals surface area (Å²) in [5.74, 6) is 0. The molecular weight excluding hydrogens is 386 g/mol. The molecule has 0 aliphatic rings. The van der Waals surface area contributed by atoms with Gasteiger partial charge in [0, 0.05) is 11.0 Å². The number of halogens is 1. The van der Waals surface area contributed by atoms with Gasteiger partial charge in [0.2, 0.25) is 10.0 Å². The minimum atomic E-state index is -3.61. The van der Waals surface area contributed by atoms with Crippen molar-refractivity contribution in [1.82, 2.24) is 13.5 Å². The van der Waals surface area contributed by atoms with Crippen molar-refractivity contribution in [3.8, 4) is 0 Å². The van der Waals surface area contributed by atoms with Gasteiger partial charge in [-0.25, -0.2) is 13.1 Å². The molecule has 0 radical (unpaired) electrons. The van der Waals surface area contributed by atoms with Gasteiger partial charge in [0.25, 0.3) is 0 Å². The summed E-state index contributed by atoms with van der Waals surface area (Å²) >= 11 is 4.34. The number of rotatable bonds is 5. The van der Waals surface area contributed by atoms with Crippen LogP contribution in [0.2, 0.25) is 0 Å². The topological polar surface area (TPSA) is 72.0 Å². The van der Waals surface area contributed by atoms with E-state index in [1.807, 2.05) is 30.3 Å². The van der Waals surface area contributed by atoms with Crippen molar-refractivity contribution in [3.05, 3.63) is 52.5 Å². The van der Waals surface area contributed by atoms with Gasteiger partial charge >= 0.3 is 0 Å². The zero-order chi connectivity index (χ0) is 15.6. The summed E-state index contributed by atoms with van der Waals surface area (Å²) in [7, 11) is -3.61. The molecule has 0 spiro atoms. The number of benzene rings is 2. The Morgan fingerprint density at radius 2 is 1.77 bits per heavy atom. The standard InChI is InChI=1S/C14H12BrN3O2S2/c15-11-6-7-12(14-13(11)17-21-18-14)22(19,20)16-9-8-10-4-2-1-3-5-10/h1-7,16H,8-9H2. The predicted octanol–water partition coefficient (Wildman–Crippen LogP) is 2.97. The summed E-state index contributed by atoms with van der Waals surface area (Å²) in [5, 5.41) is 0. The molecule has 0 saturated carbocycles. The Labute approximate surface area is 140 Å². The molecular formula is C14H12BrN3O2S2. The Bertz CT molecular complexity index is 895. The highest BCUT2D eigenvalue weighted by molar-refractivity contribution is 9.10. The second kappa shape index (κ2) is 6.41. The molecule has 1 aromatic heterocycles. The van der Waals surface area contributed by atoms with E-state index < -0.39 is 10.0 Å². The molecule has 0 saturated heterocycles. The van der Waals surface area contributed by atoms with Gasteiger partial charge < -0.3 is 0 Å². The lowest BCUT2D eigenvalue weighted by Gasteiger charge is -2.07. The SMILES string of the molecule is O=S(=O)(NCCc1ccccc1)c1ccc(Br)c2nsnc12. The smallest absolute Gasteiger partial charge is 0.211 e. The quantitative estimate of drug-likeness (QED) is 0.717. The van der Waals surface area contributed by atoms with Crippen LogP contribution in [0.15, 0.2) is 51.8 Å². The van der Waals surface area contributed by atoms with Crippen molar-refractivity contribution >= 4 is 48.7 Å². The van der Waals surface area contributed by atoms with Gasteiger partial charge in [0.05, 0.1) is 11.7 Å². The van der Waals surface area contributed by atoms with Crippen LogP contribution < -0.4 is 4.72 Å². The monoisotopic (exact) mass is 397 g/mol. The largest absolute Gasteiger partial charge is 0.242 e. The molecule has 0 aliphatic heterocycles. The fraction of sp³-hybridized carbons (Fsp3) is 0.143. The van der Waals surface area contributed by atoms with Crippen molar-refractivity contribution in [1.29, 1.82) is 0 Å². The van der Waals surface area contributed by atoms with Crippen LogP contribution in [0.25, 0.3) is 11.0 Å². The van der Waals surface area contributed by atoms with Gasteiger partial charge in [-0.05, 0) is 40.0 Å². The first kappa shape index (κ1) is 15.5. The normalized spacial score (nSPS) is 11.9. The predicted molar refractivity (Wildman–Crippen MR) is 90.4 cm³/mol. The molecule has 0 bridgehead atoms. The molecule has 22 heavy (non-hydrogen) atoms. The van der Waals surface area contributed by atoms with Crippen molar-refractivity contribution in [2.45, 2.75) is 11.3 Å². The maximum absolute atomic E-state index is 12.5. The molecule has 0 fully saturated rings. The number of sulfonamides is 1. The molecule has 8 heteroatoms. The maximum Gasteiger partial charge on any atom is 0.242 e. The highest BCUT2D eigenvalue weighted by atomic mass is 79.9. The Morgan fingerprint density at radius 3 is 2.55 bits per heavy atom. The Balaban J connectivity index is 1.80. The highest BCUT2D eigenvalue weighted by Gasteiger charge is 2.20. The molecule has 0 unspecified atom stereocenters. The summed E-state index contributed by atoms with van der Waals surface area (Å²) in [6.45, 7) is 0.335. The number of nitrogens with zero attached hydrogens (tertiary/aromatic N) is 2. The zero-order valence-corrected chi connectivity index (χ0v) is 14.6. The molecule has 1 N–H and O–H groups in total. The van der Waals surface area contributed by atoms with Crippen molar-refractivity contribution in [2.75, 3.05) is 6.54 Å². The zero-order valence-electron chi connectivity index (χ0n) is 11.4. The van der Waals surface area contributed by atoms with E-state index in [0.717, 1.165) is 21.8 Å². The molecule has 114 valence electrons. The van der Waals surface area contributed by atoms with Crippen molar-refractivity contribution in [3.63, 3.8) is 0 Å². The third-order valence-corrected chi connectivity index (χ3v) is 5.83. The average molecular weight is 398 g/mol. The second-order valence-corrected chi connectivity index (χ2v) is 7.76. The first-order valence-corrected chi connectivity index (χ1v) is 9.53. The van der Waals surface area contributed by atoms with Crippen LogP contribution in [0, 0.1) is 0 Å². The van der Waals surface area contributed by atoms with E-state index in [1.165, 1.54) is 0 Å². The van der Waals surface area contributed by atoms with E-state index >= 15 is 0 Å². The van der Waals surface area contributed by atoms with E-state index in [2.05, 4.69) is 29.4 Å². The van der Waals surface area contributed by atoms with Crippen LogP contribution in [0.3, 0.4) is 0 Å². The molecule has 5 nitrogen and oxygen atoms in total. The van der Waals surface area contributed by atoms with Crippen LogP contribution in [-0.4, -0.2) is 23.7 Å². The Hall–Kier alpha value is -1.35. The molecule has 3 aromatic rings. The molecule has 2 aromatic carbocycles. The Morgan fingerprint density at radius 1 is 1.05 bits per heavy atom. The first-order chi connectivity index (χ1) is 10.6. The summed E-state index contributed by atoms with van der Waals surface area (Å²) in [5.41, 5.74) is 2.05. The van der Waals surface area contributed by atoms with E-state index in [1.54, 1.807) is 12.1 Å². The van der Waals surface area contributed by atoms with Gasteiger partial charge in [-0.3, -0.25) is 0 Å². The molecule has 0 atom stereocenters. The van der Waals surface area contributed by atoms with Crippen molar-refractivity contribution < 1.29 is 8.42 Å². The van der Waals surface area contributed by atoms with Crippen LogP contribution in [0.5, 0.6) is 0 Å². The number of hydrogen-bond acceptors (Lipinski definition) is 5. The lowest BCUT2D eigenvalue weighted by molar-refractivity contribution is 0.582. The molecule has 3 rings (SSSR count). The van der Waals surface area contributed by atoms with Gasteiger partial charge in [0.15, 0.2) is 0 Å². The first-order valence-electron chi connectivity index (χ1n) is 6.52. The van der Waals surface area contributed by atoms with Crippen LogP contribution in [0.1, 0.15) is 5.56 Å². The summed E-state index contributed by atoms with van der Waals surface area (Å²) in [6, 6.07) is 13.0. The van der Waals surface area contributed by atoms with Gasteiger partial charge in [-0.15, -0.1) is 0 Å². The maximum atomic E-state index is 12.5. The minimum absolute atomic E-state index is 0.160. The fourth-order valence-electron chi connectivity index (χ4n) is 2.08. The summed E-state index contributed by atoms with van der Waals surface area (Å²) in [4.78, 5) is 0.160. The van der Waals surface area contributed by atoms with E-state index in [9.17, 15) is 8.42 Å². The summed E-state index contributed by atoms with van der Waals surface area (Å²) in [6.07, 6.45) is 0.634. The number of hydrogen-bond donors (Lipinski definition) is 1. The third-order valence-electron chi connectivity index (χ3n) is 3.17. The van der Waals surface area contributed by atoms with E-state index in [4.69, 9.17) is 0 Å². The molecule has 1 heterocycles. The van der Waals surface area contributed by atoms with E-state index in [0.29, 0.717) is 24.0 Å². The number of fused-ring (bicyclic) bond motifs is 1. The van der Waals surface area contributed by atoms with E-state index in [-0.39, 0.29) is 4.90 Å². The second-order valence-electron chi connectivity index (χ2n) is 4.64. The van der Waals surface area contributed by atoms with Crippen LogP contribution >= 0.6 is 27.7 Å². The number of aromatic nitrogens is 2. The van der Waals surface area contributed by atoms with Crippen molar-refractivity contribution in [2.24, 2.45) is 0 Å². The fourth-order valence-corrected chi connectivity index (χ4v) is 4.41. The van der Waals surface area contributed by atoms with Crippen LogP contribution in [0.4, 0.5) is 0 Å². The minimum Gasteiger partial charge on any atom is -0.211 e. The lowest BCUT2D eigenvalue weighted by atomic mass is 10.2. The third kappa shape index (κ3) is 3.19. The highest BCUT2D eigenvalue weighted by Crippen LogP contribution is 2.27. The lowest BCUT2D eigenvalue weighted by Crippen LogP contribution is -2.26. The summed E-state index contributed by atoms with van der Waals surface area (Å²) < 4.78 is 36.5. The van der Waals surface area contributed by atoms with Gasteiger partial charge in [-0.1, -0.05) is 30.3 Å². The van der Waals surface area contributed by atoms with Gasteiger partial charge in [0.1, 0.15) is 15.9 Å². The van der Waals surface area contributed by atoms with Gasteiger partial charge in [-0.2, -0.15) is 8.75 Å². The molecule has 0 aliphatic carbocycles. The average Bonchev–Trinajstić information content (AvgIpc) is 2.98. The Kier molecular flexibility index (Phi) is 4.53.